The molecule has 0 saturated heterocycles. The van der Waals surface area contributed by atoms with E-state index >= 15 is 0 Å². The smallest absolute Gasteiger partial charge is 0.261 e. The first-order chi connectivity index (χ1) is 11.3. The number of aryl methyl sites for hydroxylation is 2. The number of carbonyl (C=O) groups is 1. The second-order valence-electron chi connectivity index (χ2n) is 5.40. The number of nitrogens with one attached hydrogen (secondary N) is 2. The predicted molar refractivity (Wildman–Crippen MR) is 95.7 cm³/mol. The molecule has 126 valence electrons. The average Bonchev–Trinajstić information content (AvgIpc) is 2.55. The maximum Gasteiger partial charge on any atom is 0.261 e. The Morgan fingerprint density at radius 2 is 1.83 bits per heavy atom. The first kappa shape index (κ1) is 17.7. The van der Waals surface area contributed by atoms with Crippen molar-refractivity contribution in [2.24, 2.45) is 0 Å². The van der Waals surface area contributed by atoms with Crippen molar-refractivity contribution in [1.82, 2.24) is 5.32 Å². The minimum Gasteiger partial charge on any atom is -0.349 e. The van der Waals surface area contributed by atoms with Gasteiger partial charge in [-0.05, 0) is 49.2 Å². The van der Waals surface area contributed by atoms with Crippen molar-refractivity contribution in [2.75, 3.05) is 11.3 Å². The van der Waals surface area contributed by atoms with Gasteiger partial charge in [0.15, 0.2) is 0 Å². The molecule has 0 aliphatic rings. The molecule has 1 amide bonds. The van der Waals surface area contributed by atoms with Crippen LogP contribution >= 0.6 is 0 Å². The third-order valence-corrected chi connectivity index (χ3v) is 4.97. The van der Waals surface area contributed by atoms with Gasteiger partial charge >= 0.3 is 0 Å². The number of hydrogen-bond donors (Lipinski definition) is 2. The lowest BCUT2D eigenvalue weighted by Gasteiger charge is -2.13. The molecule has 0 bridgehead atoms. The molecule has 0 aliphatic heterocycles. The summed E-state index contributed by atoms with van der Waals surface area (Å²) in [6.45, 7) is 7.61. The normalized spacial score (nSPS) is 10.9. The number of rotatable bonds is 6. The quantitative estimate of drug-likeness (QED) is 0.791. The SMILES string of the molecule is C=CCNC(=O)c1ccccc1NS(=O)(=O)c1ccc(C)c(C)c1. The lowest BCUT2D eigenvalue weighted by molar-refractivity contribution is 0.0959. The molecule has 0 aliphatic carbocycles. The molecule has 0 spiro atoms. The summed E-state index contributed by atoms with van der Waals surface area (Å²) in [4.78, 5) is 12.3. The summed E-state index contributed by atoms with van der Waals surface area (Å²) in [7, 11) is -3.78. The lowest BCUT2D eigenvalue weighted by Crippen LogP contribution is -2.25. The summed E-state index contributed by atoms with van der Waals surface area (Å²) in [6.07, 6.45) is 1.56. The van der Waals surface area contributed by atoms with Gasteiger partial charge in [-0.3, -0.25) is 9.52 Å². The summed E-state index contributed by atoms with van der Waals surface area (Å²) < 4.78 is 27.7. The van der Waals surface area contributed by atoms with E-state index in [1.807, 2.05) is 13.8 Å². The Morgan fingerprint density at radius 1 is 1.12 bits per heavy atom. The standard InChI is InChI=1S/C18H20N2O3S/c1-4-11-19-18(21)16-7-5-6-8-17(16)20-24(22,23)15-10-9-13(2)14(3)12-15/h4-10,12,20H,1,11H2,2-3H3,(H,19,21). The van der Waals surface area contributed by atoms with Crippen molar-refractivity contribution < 1.29 is 13.2 Å². The van der Waals surface area contributed by atoms with Crippen LogP contribution < -0.4 is 10.0 Å². The van der Waals surface area contributed by atoms with Crippen molar-refractivity contribution in [3.8, 4) is 0 Å². The van der Waals surface area contributed by atoms with Crippen molar-refractivity contribution in [2.45, 2.75) is 18.7 Å². The number of anilines is 1. The molecule has 5 nitrogen and oxygen atoms in total. The van der Waals surface area contributed by atoms with Crippen LogP contribution in [0.25, 0.3) is 0 Å². The van der Waals surface area contributed by atoms with E-state index in [1.165, 1.54) is 0 Å². The summed E-state index contributed by atoms with van der Waals surface area (Å²) in [5.74, 6) is -0.367. The summed E-state index contributed by atoms with van der Waals surface area (Å²) in [5, 5.41) is 2.64. The van der Waals surface area contributed by atoms with Gasteiger partial charge in [0.05, 0.1) is 16.1 Å². The minimum atomic E-state index is -3.78. The maximum atomic E-state index is 12.6. The van der Waals surface area contributed by atoms with E-state index in [-0.39, 0.29) is 22.1 Å². The van der Waals surface area contributed by atoms with E-state index in [4.69, 9.17) is 0 Å². The summed E-state index contributed by atoms with van der Waals surface area (Å²) >= 11 is 0. The lowest BCUT2D eigenvalue weighted by atomic mass is 10.1. The van der Waals surface area contributed by atoms with Crippen LogP contribution in [0.3, 0.4) is 0 Å². The monoisotopic (exact) mass is 344 g/mol. The first-order valence-corrected chi connectivity index (χ1v) is 8.91. The van der Waals surface area contributed by atoms with Crippen molar-refractivity contribution in [3.63, 3.8) is 0 Å². The van der Waals surface area contributed by atoms with Gasteiger partial charge in [-0.25, -0.2) is 8.42 Å². The molecule has 24 heavy (non-hydrogen) atoms. The van der Waals surface area contributed by atoms with Crippen molar-refractivity contribution >= 4 is 21.6 Å². The third-order valence-electron chi connectivity index (χ3n) is 3.61. The molecular weight excluding hydrogens is 324 g/mol. The minimum absolute atomic E-state index is 0.159. The van der Waals surface area contributed by atoms with E-state index in [0.29, 0.717) is 6.54 Å². The Morgan fingerprint density at radius 3 is 2.50 bits per heavy atom. The maximum absolute atomic E-state index is 12.6. The zero-order valence-corrected chi connectivity index (χ0v) is 14.5. The Hall–Kier alpha value is -2.60. The zero-order valence-electron chi connectivity index (χ0n) is 13.7. The van der Waals surface area contributed by atoms with Crippen LogP contribution in [-0.2, 0) is 10.0 Å². The van der Waals surface area contributed by atoms with E-state index in [1.54, 1.807) is 48.5 Å². The largest absolute Gasteiger partial charge is 0.349 e. The molecule has 6 heteroatoms. The van der Waals surface area contributed by atoms with Crippen molar-refractivity contribution in [3.05, 3.63) is 71.8 Å². The van der Waals surface area contributed by atoms with Crippen LogP contribution in [0, 0.1) is 13.8 Å². The van der Waals surface area contributed by atoms with E-state index < -0.39 is 10.0 Å². The van der Waals surface area contributed by atoms with E-state index in [9.17, 15) is 13.2 Å². The van der Waals surface area contributed by atoms with Gasteiger partial charge in [-0.15, -0.1) is 6.58 Å². The van der Waals surface area contributed by atoms with Crippen LogP contribution in [-0.4, -0.2) is 20.9 Å². The number of para-hydroxylation sites is 1. The molecule has 0 saturated carbocycles. The van der Waals surface area contributed by atoms with Gasteiger partial charge in [-0.2, -0.15) is 0 Å². The van der Waals surface area contributed by atoms with Crippen LogP contribution in [0.1, 0.15) is 21.5 Å². The molecule has 0 fully saturated rings. The zero-order chi connectivity index (χ0) is 17.7. The summed E-state index contributed by atoms with van der Waals surface area (Å²) in [5.41, 5.74) is 2.39. The molecule has 2 N–H and O–H groups in total. The fourth-order valence-electron chi connectivity index (χ4n) is 2.11. The second-order valence-corrected chi connectivity index (χ2v) is 7.08. The van der Waals surface area contributed by atoms with Crippen LogP contribution in [0.2, 0.25) is 0 Å². The van der Waals surface area contributed by atoms with Gasteiger partial charge in [-0.1, -0.05) is 24.3 Å². The average molecular weight is 344 g/mol. The molecule has 0 unspecified atom stereocenters. The third kappa shape index (κ3) is 4.02. The molecule has 0 aromatic heterocycles. The van der Waals surface area contributed by atoms with E-state index in [0.717, 1.165) is 11.1 Å². The predicted octanol–water partition coefficient (Wildman–Crippen LogP) is 3.02. The molecule has 2 rings (SSSR count). The first-order valence-electron chi connectivity index (χ1n) is 7.43. The van der Waals surface area contributed by atoms with Crippen LogP contribution in [0.5, 0.6) is 0 Å². The van der Waals surface area contributed by atoms with Gasteiger partial charge in [0.2, 0.25) is 0 Å². The van der Waals surface area contributed by atoms with E-state index in [2.05, 4.69) is 16.6 Å². The van der Waals surface area contributed by atoms with Crippen molar-refractivity contribution in [1.29, 1.82) is 0 Å². The van der Waals surface area contributed by atoms with Crippen LogP contribution in [0.4, 0.5) is 5.69 Å². The number of benzene rings is 2. The van der Waals surface area contributed by atoms with Gasteiger partial charge < -0.3 is 5.32 Å². The molecule has 0 heterocycles. The number of carbonyl (C=O) groups excluding carboxylic acids is 1. The topological polar surface area (TPSA) is 75.3 Å². The highest BCUT2D eigenvalue weighted by atomic mass is 32.2. The fourth-order valence-corrected chi connectivity index (χ4v) is 3.28. The number of hydrogen-bond acceptors (Lipinski definition) is 3. The van der Waals surface area contributed by atoms with Gasteiger partial charge in [0, 0.05) is 6.54 Å². The van der Waals surface area contributed by atoms with Gasteiger partial charge in [0.1, 0.15) is 0 Å². The molecule has 0 atom stereocenters. The Bertz CT molecular complexity index is 874. The van der Waals surface area contributed by atoms with Gasteiger partial charge in [0.25, 0.3) is 15.9 Å². The highest BCUT2D eigenvalue weighted by molar-refractivity contribution is 7.92. The summed E-state index contributed by atoms with van der Waals surface area (Å²) in [6, 6.07) is 11.4. The Balaban J connectivity index is 2.34. The highest BCUT2D eigenvalue weighted by Crippen LogP contribution is 2.21. The number of sulfonamides is 1. The highest BCUT2D eigenvalue weighted by Gasteiger charge is 2.18. The second kappa shape index (κ2) is 7.31. The fraction of sp³-hybridized carbons (Fsp3) is 0.167. The molecular formula is C18H20N2O3S. The Kier molecular flexibility index (Phi) is 5.41. The molecule has 2 aromatic rings. The Labute approximate surface area is 142 Å². The van der Waals surface area contributed by atoms with Crippen LogP contribution in [0.15, 0.2) is 60.0 Å². The molecule has 0 radical (unpaired) electrons. The number of amides is 1. The molecule has 2 aromatic carbocycles.